The van der Waals surface area contributed by atoms with Gasteiger partial charge in [0.2, 0.25) is 0 Å². The van der Waals surface area contributed by atoms with Crippen LogP contribution in [0, 0.1) is 0 Å². The molecule has 1 saturated carbocycles. The van der Waals surface area contributed by atoms with Crippen LogP contribution in [-0.4, -0.2) is 16.8 Å². The summed E-state index contributed by atoms with van der Waals surface area (Å²) in [6.07, 6.45) is 9.61. The van der Waals surface area contributed by atoms with Gasteiger partial charge in [-0.05, 0) is 12.8 Å². The van der Waals surface area contributed by atoms with E-state index in [-0.39, 0.29) is 0 Å². The molecule has 1 aliphatic rings. The van der Waals surface area contributed by atoms with Crippen LogP contribution in [0.2, 0.25) is 0 Å². The molecular weight excluding hydrogens is 237 g/mol. The first-order valence-corrected chi connectivity index (χ1v) is 7.63. The van der Waals surface area contributed by atoms with Crippen molar-refractivity contribution in [3.8, 4) is 0 Å². The fraction of sp³-hybridized carbons (Fsp3) is 0.833. The fourth-order valence-electron chi connectivity index (χ4n) is 1.42. The molecule has 17 heavy (non-hydrogen) atoms. The van der Waals surface area contributed by atoms with Crippen LogP contribution in [-0.2, 0) is 9.09 Å². The summed E-state index contributed by atoms with van der Waals surface area (Å²) in [5.41, 5.74) is 0. The van der Waals surface area contributed by atoms with E-state index in [1.54, 1.807) is 0 Å². The van der Waals surface area contributed by atoms with Gasteiger partial charge in [-0.3, -0.25) is 0 Å². The van der Waals surface area contributed by atoms with E-state index in [0.717, 1.165) is 19.1 Å². The Balaban J connectivity index is 0.000000557. The second-order valence-electron chi connectivity index (χ2n) is 4.05. The molecular formula is C12H24NO3P. The van der Waals surface area contributed by atoms with E-state index in [1.165, 1.54) is 32.1 Å². The summed E-state index contributed by atoms with van der Waals surface area (Å²) in [7, 11) is -2.87. The lowest BCUT2D eigenvalue weighted by molar-refractivity contribution is 0.380. The molecule has 5 heteroatoms. The Morgan fingerprint density at radius 1 is 1.35 bits per heavy atom. The standard InChI is InChI=1S/C8H14NO3P.C4H10/c10-13(11)12-7-6-9-8-4-2-1-3-5-8;1-3-4-2/h7-8,13H,1-5H2,(H,10,11);3-4H2,1-2H3. The van der Waals surface area contributed by atoms with Crippen molar-refractivity contribution < 1.29 is 14.0 Å². The zero-order valence-electron chi connectivity index (χ0n) is 10.8. The van der Waals surface area contributed by atoms with Crippen molar-refractivity contribution in [3.05, 3.63) is 6.26 Å². The molecule has 1 rings (SSSR count). The van der Waals surface area contributed by atoms with Crippen LogP contribution in [0.25, 0.3) is 0 Å². The molecule has 1 N–H and O–H groups in total. The van der Waals surface area contributed by atoms with E-state index >= 15 is 0 Å². The lowest BCUT2D eigenvalue weighted by atomic mass is 9.96. The molecule has 0 aliphatic heterocycles. The Kier molecular flexibility index (Phi) is 11.5. The minimum Gasteiger partial charge on any atom is -0.424 e. The molecule has 0 aromatic carbocycles. The summed E-state index contributed by atoms with van der Waals surface area (Å²) in [6.45, 7) is 4.36. The van der Waals surface area contributed by atoms with Gasteiger partial charge in [-0.25, -0.2) is 9.56 Å². The van der Waals surface area contributed by atoms with E-state index in [0.29, 0.717) is 6.04 Å². The maximum Gasteiger partial charge on any atom is 0.365 e. The molecule has 1 aliphatic carbocycles. The number of hydrogen-bond acceptors (Lipinski definition) is 3. The predicted molar refractivity (Wildman–Crippen MR) is 71.8 cm³/mol. The third-order valence-electron chi connectivity index (χ3n) is 2.54. The summed E-state index contributed by atoms with van der Waals surface area (Å²) in [5.74, 6) is 2.53. The molecule has 0 heterocycles. The Morgan fingerprint density at radius 2 is 1.94 bits per heavy atom. The van der Waals surface area contributed by atoms with Gasteiger partial charge in [0.1, 0.15) is 0 Å². The van der Waals surface area contributed by atoms with Gasteiger partial charge in [0.25, 0.3) is 0 Å². The minimum absolute atomic E-state index is 0.328. The molecule has 0 radical (unpaired) electrons. The van der Waals surface area contributed by atoms with Gasteiger partial charge in [-0.2, -0.15) is 0 Å². The first-order chi connectivity index (χ1) is 8.20. The van der Waals surface area contributed by atoms with Crippen LogP contribution in [0.3, 0.4) is 0 Å². The maximum absolute atomic E-state index is 10.1. The Morgan fingerprint density at radius 3 is 2.41 bits per heavy atom. The molecule has 0 bridgehead atoms. The maximum atomic E-state index is 10.1. The predicted octanol–water partition coefficient (Wildman–Crippen LogP) is 3.71. The van der Waals surface area contributed by atoms with E-state index in [2.05, 4.69) is 29.2 Å². The van der Waals surface area contributed by atoms with Crippen LogP contribution in [0.4, 0.5) is 0 Å². The van der Waals surface area contributed by atoms with Crippen LogP contribution in [0.5, 0.6) is 0 Å². The normalized spacial score (nSPS) is 17.1. The van der Waals surface area contributed by atoms with E-state index in [9.17, 15) is 4.57 Å². The van der Waals surface area contributed by atoms with Crippen LogP contribution >= 0.6 is 8.25 Å². The molecule has 4 nitrogen and oxygen atoms in total. The van der Waals surface area contributed by atoms with Crippen molar-refractivity contribution in [2.24, 2.45) is 4.99 Å². The number of rotatable bonds is 4. The first kappa shape index (κ1) is 16.4. The zero-order valence-corrected chi connectivity index (χ0v) is 11.8. The van der Waals surface area contributed by atoms with E-state index < -0.39 is 8.25 Å². The molecule has 0 aromatic rings. The van der Waals surface area contributed by atoms with Gasteiger partial charge in [0.15, 0.2) is 6.26 Å². The summed E-state index contributed by atoms with van der Waals surface area (Å²) < 4.78 is 14.4. The smallest absolute Gasteiger partial charge is 0.365 e. The third-order valence-corrected chi connectivity index (χ3v) is 2.86. The number of hydrogen-bond donors (Lipinski definition) is 1. The number of unbranched alkanes of at least 4 members (excludes halogenated alkanes) is 1. The second kappa shape index (κ2) is 11.9. The van der Waals surface area contributed by atoms with Gasteiger partial charge in [-0.15, -0.1) is 0 Å². The van der Waals surface area contributed by atoms with Crippen molar-refractivity contribution in [3.63, 3.8) is 0 Å². The monoisotopic (exact) mass is 261 g/mol. The lowest BCUT2D eigenvalue weighted by Crippen LogP contribution is -2.08. The molecule has 100 valence electrons. The van der Waals surface area contributed by atoms with Gasteiger partial charge in [0.05, 0.1) is 6.04 Å². The highest BCUT2D eigenvalue weighted by Gasteiger charge is 2.10. The molecule has 1 fully saturated rings. The van der Waals surface area contributed by atoms with Crippen molar-refractivity contribution in [1.29, 1.82) is 0 Å². The summed E-state index contributed by atoms with van der Waals surface area (Å²) in [6, 6.07) is 0.328. The summed E-state index contributed by atoms with van der Waals surface area (Å²) in [4.78, 5) is 12.4. The average molecular weight is 261 g/mol. The molecule has 0 saturated heterocycles. The SMILES string of the molecule is CCCC.O=[PH](O)OC=C=NC1CCCCC1. The highest BCUT2D eigenvalue weighted by Crippen LogP contribution is 2.19. The van der Waals surface area contributed by atoms with Crippen molar-refractivity contribution in [1.82, 2.24) is 0 Å². The molecule has 0 aromatic heterocycles. The molecule has 0 spiro atoms. The van der Waals surface area contributed by atoms with E-state index in [1.807, 2.05) is 0 Å². The van der Waals surface area contributed by atoms with E-state index in [4.69, 9.17) is 4.89 Å². The van der Waals surface area contributed by atoms with Crippen molar-refractivity contribution in [2.75, 3.05) is 0 Å². The Hall–Kier alpha value is -0.560. The largest absolute Gasteiger partial charge is 0.424 e. The quantitative estimate of drug-likeness (QED) is 0.477. The average Bonchev–Trinajstić information content (AvgIpc) is 2.36. The van der Waals surface area contributed by atoms with Crippen LogP contribution in [0.1, 0.15) is 58.8 Å². The third kappa shape index (κ3) is 11.7. The van der Waals surface area contributed by atoms with Crippen LogP contribution in [0.15, 0.2) is 11.3 Å². The Labute approximate surface area is 105 Å². The van der Waals surface area contributed by atoms with Crippen molar-refractivity contribution in [2.45, 2.75) is 64.8 Å². The number of aliphatic imine (C=N–C) groups is 1. The van der Waals surface area contributed by atoms with Crippen LogP contribution < -0.4 is 0 Å². The van der Waals surface area contributed by atoms with Crippen molar-refractivity contribution >= 4 is 14.1 Å². The molecule has 0 amide bonds. The molecule has 1 unspecified atom stereocenters. The van der Waals surface area contributed by atoms with Gasteiger partial charge >= 0.3 is 8.25 Å². The number of nitrogens with zero attached hydrogens (tertiary/aromatic N) is 1. The lowest BCUT2D eigenvalue weighted by Gasteiger charge is -2.15. The Bertz CT molecular complexity index is 254. The van der Waals surface area contributed by atoms with Gasteiger partial charge in [-0.1, -0.05) is 46.0 Å². The zero-order chi connectivity index (χ0) is 12.9. The highest BCUT2D eigenvalue weighted by molar-refractivity contribution is 7.32. The fourth-order valence-corrected chi connectivity index (χ4v) is 1.58. The minimum atomic E-state index is -2.87. The summed E-state index contributed by atoms with van der Waals surface area (Å²) >= 11 is 0. The van der Waals surface area contributed by atoms with Gasteiger partial charge in [0, 0.05) is 5.87 Å². The first-order valence-electron chi connectivity index (χ1n) is 6.37. The highest BCUT2D eigenvalue weighted by atomic mass is 31.1. The summed E-state index contributed by atoms with van der Waals surface area (Å²) in [5, 5.41) is 0. The topological polar surface area (TPSA) is 58.9 Å². The van der Waals surface area contributed by atoms with Gasteiger partial charge < -0.3 is 9.42 Å². The second-order valence-corrected chi connectivity index (χ2v) is 4.82. The molecule has 1 atom stereocenters.